The van der Waals surface area contributed by atoms with Crippen LogP contribution >= 0.6 is 22.9 Å². The lowest BCUT2D eigenvalue weighted by Gasteiger charge is -2.23. The highest BCUT2D eigenvalue weighted by atomic mass is 35.5. The molecule has 0 bridgehead atoms. The summed E-state index contributed by atoms with van der Waals surface area (Å²) in [7, 11) is 0. The number of aliphatic hydroxyl groups excluding tert-OH is 1. The van der Waals surface area contributed by atoms with Gasteiger partial charge in [-0.1, -0.05) is 41.9 Å². The maximum Gasteiger partial charge on any atom is 0.0931 e. The maximum absolute atomic E-state index is 9.07. The van der Waals surface area contributed by atoms with Gasteiger partial charge in [0.05, 0.1) is 4.34 Å². The van der Waals surface area contributed by atoms with Crippen LogP contribution in [-0.4, -0.2) is 11.7 Å². The summed E-state index contributed by atoms with van der Waals surface area (Å²) in [6, 6.07) is 14.9. The first kappa shape index (κ1) is 15.5. The molecule has 2 aromatic rings. The van der Waals surface area contributed by atoms with Crippen LogP contribution in [0.4, 0.5) is 0 Å². The second kappa shape index (κ2) is 7.79. The number of benzene rings is 1. The lowest BCUT2D eigenvalue weighted by molar-refractivity contribution is 0.272. The van der Waals surface area contributed by atoms with E-state index in [9.17, 15) is 0 Å². The summed E-state index contributed by atoms with van der Waals surface area (Å²) in [5.74, 6) is 0. The van der Waals surface area contributed by atoms with Crippen molar-refractivity contribution in [2.45, 2.75) is 31.8 Å². The fourth-order valence-electron chi connectivity index (χ4n) is 2.27. The van der Waals surface area contributed by atoms with Gasteiger partial charge in [0.1, 0.15) is 0 Å². The molecule has 0 unspecified atom stereocenters. The Morgan fingerprint density at radius 3 is 2.55 bits per heavy atom. The molecule has 0 saturated carbocycles. The topological polar surface area (TPSA) is 32.3 Å². The molecular formula is C16H20ClNOS. The average Bonchev–Trinajstić information content (AvgIpc) is 2.91. The van der Waals surface area contributed by atoms with E-state index in [1.807, 2.05) is 12.1 Å². The van der Waals surface area contributed by atoms with Crippen LogP contribution in [0.2, 0.25) is 4.34 Å². The lowest BCUT2D eigenvalue weighted by Crippen LogP contribution is -2.24. The molecule has 2 atom stereocenters. The van der Waals surface area contributed by atoms with E-state index in [0.29, 0.717) is 0 Å². The van der Waals surface area contributed by atoms with E-state index in [1.165, 1.54) is 10.4 Å². The molecule has 0 amide bonds. The molecule has 4 heteroatoms. The molecule has 1 aromatic carbocycles. The van der Waals surface area contributed by atoms with E-state index < -0.39 is 0 Å². The summed E-state index contributed by atoms with van der Waals surface area (Å²) < 4.78 is 0.820. The number of nitrogens with one attached hydrogen (secondary N) is 1. The third-order valence-corrected chi connectivity index (χ3v) is 4.74. The molecule has 1 heterocycles. The Hall–Kier alpha value is -0.870. The van der Waals surface area contributed by atoms with Crippen LogP contribution in [0, 0.1) is 0 Å². The molecular weight excluding hydrogens is 290 g/mol. The Morgan fingerprint density at radius 2 is 1.95 bits per heavy atom. The van der Waals surface area contributed by atoms with E-state index >= 15 is 0 Å². The zero-order chi connectivity index (χ0) is 14.4. The Bertz CT molecular complexity index is 514. The Labute approximate surface area is 129 Å². The maximum atomic E-state index is 9.07. The fraction of sp³-hybridized carbons (Fsp3) is 0.375. The van der Waals surface area contributed by atoms with Crippen LogP contribution in [-0.2, 0) is 0 Å². The smallest absolute Gasteiger partial charge is 0.0931 e. The van der Waals surface area contributed by atoms with Gasteiger partial charge in [-0.15, -0.1) is 11.3 Å². The highest BCUT2D eigenvalue weighted by molar-refractivity contribution is 7.16. The SMILES string of the molecule is C[C@H](N[C@H](CCCO)c1ccccc1)c1ccc(Cl)s1. The molecule has 0 radical (unpaired) electrons. The molecule has 1 aromatic heterocycles. The van der Waals surface area contributed by atoms with E-state index in [1.54, 1.807) is 11.3 Å². The third kappa shape index (κ3) is 4.32. The highest BCUT2D eigenvalue weighted by Gasteiger charge is 2.16. The molecule has 0 fully saturated rings. The normalized spacial score (nSPS) is 14.2. The summed E-state index contributed by atoms with van der Waals surface area (Å²) in [6.07, 6.45) is 1.72. The Balaban J connectivity index is 2.07. The van der Waals surface area contributed by atoms with Gasteiger partial charge in [0.25, 0.3) is 0 Å². The molecule has 20 heavy (non-hydrogen) atoms. The zero-order valence-electron chi connectivity index (χ0n) is 11.6. The van der Waals surface area contributed by atoms with Crippen molar-refractivity contribution in [2.75, 3.05) is 6.61 Å². The summed E-state index contributed by atoms with van der Waals surface area (Å²) in [6.45, 7) is 2.38. The quantitative estimate of drug-likeness (QED) is 0.785. The molecule has 2 N–H and O–H groups in total. The molecule has 0 saturated heterocycles. The molecule has 0 aliphatic rings. The number of thiophene rings is 1. The van der Waals surface area contributed by atoms with Crippen LogP contribution < -0.4 is 5.32 Å². The van der Waals surface area contributed by atoms with Gasteiger partial charge in [0, 0.05) is 23.6 Å². The summed E-state index contributed by atoms with van der Waals surface area (Å²) in [5, 5.41) is 12.7. The monoisotopic (exact) mass is 309 g/mol. The molecule has 108 valence electrons. The van der Waals surface area contributed by atoms with Gasteiger partial charge >= 0.3 is 0 Å². The summed E-state index contributed by atoms with van der Waals surface area (Å²) in [4.78, 5) is 1.24. The largest absolute Gasteiger partial charge is 0.396 e. The van der Waals surface area contributed by atoms with Gasteiger partial charge in [-0.3, -0.25) is 0 Å². The van der Waals surface area contributed by atoms with Gasteiger partial charge in [0.15, 0.2) is 0 Å². The zero-order valence-corrected chi connectivity index (χ0v) is 13.1. The van der Waals surface area contributed by atoms with Crippen molar-refractivity contribution in [1.29, 1.82) is 0 Å². The van der Waals surface area contributed by atoms with Crippen LogP contribution in [0.3, 0.4) is 0 Å². The van der Waals surface area contributed by atoms with E-state index in [0.717, 1.165) is 17.2 Å². The molecule has 2 rings (SSSR count). The minimum absolute atomic E-state index is 0.226. The summed E-state index contributed by atoms with van der Waals surface area (Å²) in [5.41, 5.74) is 1.26. The first-order valence-electron chi connectivity index (χ1n) is 6.88. The Morgan fingerprint density at radius 1 is 1.20 bits per heavy atom. The van der Waals surface area contributed by atoms with E-state index in [2.05, 4.69) is 42.6 Å². The van der Waals surface area contributed by atoms with Crippen molar-refractivity contribution < 1.29 is 5.11 Å². The number of hydrogen-bond donors (Lipinski definition) is 2. The van der Waals surface area contributed by atoms with Gasteiger partial charge in [-0.2, -0.15) is 0 Å². The minimum atomic E-state index is 0.226. The number of rotatable bonds is 7. The lowest BCUT2D eigenvalue weighted by atomic mass is 10.0. The van der Waals surface area contributed by atoms with Gasteiger partial charge in [-0.25, -0.2) is 0 Å². The number of hydrogen-bond acceptors (Lipinski definition) is 3. The first-order chi connectivity index (χ1) is 9.70. The van der Waals surface area contributed by atoms with Crippen molar-refractivity contribution >= 4 is 22.9 Å². The predicted octanol–water partition coefficient (Wildman–Crippen LogP) is 4.57. The molecule has 0 aliphatic heterocycles. The second-order valence-electron chi connectivity index (χ2n) is 4.86. The van der Waals surface area contributed by atoms with Crippen molar-refractivity contribution in [1.82, 2.24) is 5.32 Å². The average molecular weight is 310 g/mol. The fourth-order valence-corrected chi connectivity index (χ4v) is 3.34. The van der Waals surface area contributed by atoms with Crippen molar-refractivity contribution in [3.8, 4) is 0 Å². The van der Waals surface area contributed by atoms with Crippen molar-refractivity contribution in [3.63, 3.8) is 0 Å². The number of halogens is 1. The van der Waals surface area contributed by atoms with Gasteiger partial charge < -0.3 is 10.4 Å². The highest BCUT2D eigenvalue weighted by Crippen LogP contribution is 2.29. The molecule has 0 spiro atoms. The van der Waals surface area contributed by atoms with Crippen molar-refractivity contribution in [3.05, 3.63) is 57.2 Å². The third-order valence-electron chi connectivity index (χ3n) is 3.32. The minimum Gasteiger partial charge on any atom is -0.396 e. The van der Waals surface area contributed by atoms with E-state index in [-0.39, 0.29) is 18.7 Å². The van der Waals surface area contributed by atoms with Gasteiger partial charge in [-0.05, 0) is 37.5 Å². The number of aliphatic hydroxyl groups is 1. The van der Waals surface area contributed by atoms with Gasteiger partial charge in [0.2, 0.25) is 0 Å². The van der Waals surface area contributed by atoms with Crippen molar-refractivity contribution in [2.24, 2.45) is 0 Å². The first-order valence-corrected chi connectivity index (χ1v) is 8.07. The van der Waals surface area contributed by atoms with E-state index in [4.69, 9.17) is 16.7 Å². The standard InChI is InChI=1S/C16H20ClNOS/c1-12(15-9-10-16(17)20-15)18-14(8-5-11-19)13-6-3-2-4-7-13/h2-4,6-7,9-10,12,14,18-19H,5,8,11H2,1H3/t12-,14+/m0/s1. The molecule has 2 nitrogen and oxygen atoms in total. The predicted molar refractivity (Wildman–Crippen MR) is 86.4 cm³/mol. The Kier molecular flexibility index (Phi) is 6.05. The van der Waals surface area contributed by atoms with Crippen LogP contribution in [0.5, 0.6) is 0 Å². The van der Waals surface area contributed by atoms with Crippen LogP contribution in [0.1, 0.15) is 42.3 Å². The second-order valence-corrected chi connectivity index (χ2v) is 6.61. The molecule has 0 aliphatic carbocycles. The van der Waals surface area contributed by atoms with Crippen LogP contribution in [0.15, 0.2) is 42.5 Å². The summed E-state index contributed by atoms with van der Waals surface area (Å²) >= 11 is 7.61. The van der Waals surface area contributed by atoms with Crippen LogP contribution in [0.25, 0.3) is 0 Å².